The van der Waals surface area contributed by atoms with Crippen molar-refractivity contribution in [1.82, 2.24) is 0 Å². The second kappa shape index (κ2) is 5.48. The van der Waals surface area contributed by atoms with Crippen LogP contribution in [0.4, 0.5) is 0 Å². The molecule has 3 fully saturated rings. The Morgan fingerprint density at radius 1 is 1.00 bits per heavy atom. The van der Waals surface area contributed by atoms with E-state index in [0.29, 0.717) is 18.8 Å². The lowest BCUT2D eigenvalue weighted by Gasteiger charge is -2.16. The Hall–Kier alpha value is -1.30. The minimum absolute atomic E-state index is 0.235. The number of hydrogen-bond donors (Lipinski definition) is 0. The number of hydrogen-bond acceptors (Lipinski definition) is 5. The highest BCUT2D eigenvalue weighted by Gasteiger charge is 2.29. The zero-order valence-corrected chi connectivity index (χ0v) is 12.2. The summed E-state index contributed by atoms with van der Waals surface area (Å²) in [5, 5.41) is 0. The summed E-state index contributed by atoms with van der Waals surface area (Å²) in [5.74, 6) is 1.63. The van der Waals surface area contributed by atoms with Gasteiger partial charge in [0.25, 0.3) is 0 Å². The zero-order chi connectivity index (χ0) is 14.2. The molecule has 0 radical (unpaired) electrons. The van der Waals surface area contributed by atoms with Crippen molar-refractivity contribution in [3.05, 3.63) is 23.3 Å². The molecule has 0 aromatic heterocycles. The maximum atomic E-state index is 5.95. The van der Waals surface area contributed by atoms with E-state index in [1.54, 1.807) is 7.11 Å². The Kier molecular flexibility index (Phi) is 3.49. The highest BCUT2D eigenvalue weighted by Crippen LogP contribution is 2.36. The lowest BCUT2D eigenvalue weighted by molar-refractivity contribution is 0.249. The van der Waals surface area contributed by atoms with E-state index in [2.05, 4.69) is 12.1 Å². The fraction of sp³-hybridized carbons (Fsp3) is 0.625. The van der Waals surface area contributed by atoms with E-state index in [4.69, 9.17) is 23.7 Å². The number of rotatable bonds is 8. The molecule has 3 aliphatic rings. The van der Waals surface area contributed by atoms with E-state index in [1.807, 2.05) is 0 Å². The Balaban J connectivity index is 1.58. The normalized spacial score (nSPS) is 29.1. The van der Waals surface area contributed by atoms with Crippen LogP contribution in [0.2, 0.25) is 0 Å². The van der Waals surface area contributed by atoms with Crippen LogP contribution in [0.1, 0.15) is 11.1 Å². The molecule has 21 heavy (non-hydrogen) atoms. The summed E-state index contributed by atoms with van der Waals surface area (Å²) in [6.07, 6.45) is 2.73. The summed E-state index contributed by atoms with van der Waals surface area (Å²) in [6, 6.07) is 4.26. The quantitative estimate of drug-likeness (QED) is 0.677. The topological polar surface area (TPSA) is 56.0 Å². The van der Waals surface area contributed by atoms with Crippen LogP contribution >= 0.6 is 0 Å². The molecular formula is C16H20O5. The summed E-state index contributed by atoms with van der Waals surface area (Å²) in [4.78, 5) is 0. The standard InChI is InChI=1S/C16H20O5/c1-17-15-4-10(3-12-6-18-12)2-11(5-13-7-19-13)16(15)21-9-14-8-20-14/h2,4,12-14H,3,5-9H2,1H3. The van der Waals surface area contributed by atoms with Crippen LogP contribution in [0, 0.1) is 0 Å². The fourth-order valence-electron chi connectivity index (χ4n) is 2.53. The zero-order valence-electron chi connectivity index (χ0n) is 12.2. The van der Waals surface area contributed by atoms with E-state index in [9.17, 15) is 0 Å². The summed E-state index contributed by atoms with van der Waals surface area (Å²) in [7, 11) is 1.69. The molecular weight excluding hydrogens is 272 g/mol. The van der Waals surface area contributed by atoms with Gasteiger partial charge in [0.05, 0.1) is 39.1 Å². The summed E-state index contributed by atoms with van der Waals surface area (Å²) < 4.78 is 27.4. The average Bonchev–Trinajstić information content (AvgIpc) is 3.33. The third-order valence-electron chi connectivity index (χ3n) is 3.94. The highest BCUT2D eigenvalue weighted by molar-refractivity contribution is 5.50. The minimum atomic E-state index is 0.235. The maximum absolute atomic E-state index is 5.95. The largest absolute Gasteiger partial charge is 0.493 e. The van der Waals surface area contributed by atoms with Crippen molar-refractivity contribution in [3.8, 4) is 11.5 Å². The van der Waals surface area contributed by atoms with Crippen molar-refractivity contribution in [2.75, 3.05) is 33.5 Å². The lowest BCUT2D eigenvalue weighted by Crippen LogP contribution is -2.09. The van der Waals surface area contributed by atoms with Crippen LogP contribution in [0.25, 0.3) is 0 Å². The van der Waals surface area contributed by atoms with Crippen LogP contribution in [0.3, 0.4) is 0 Å². The molecule has 0 spiro atoms. The molecule has 0 amide bonds. The van der Waals surface area contributed by atoms with Gasteiger partial charge in [0.2, 0.25) is 0 Å². The Morgan fingerprint density at radius 2 is 1.67 bits per heavy atom. The molecule has 3 saturated heterocycles. The Bertz CT molecular complexity index is 518. The van der Waals surface area contributed by atoms with Gasteiger partial charge in [-0.15, -0.1) is 0 Å². The van der Waals surface area contributed by atoms with Gasteiger partial charge in [0, 0.05) is 18.4 Å². The van der Waals surface area contributed by atoms with Crippen molar-refractivity contribution in [2.24, 2.45) is 0 Å². The number of ether oxygens (including phenoxy) is 5. The van der Waals surface area contributed by atoms with E-state index < -0.39 is 0 Å². The van der Waals surface area contributed by atoms with Crippen molar-refractivity contribution in [3.63, 3.8) is 0 Å². The smallest absolute Gasteiger partial charge is 0.164 e. The molecule has 1 aromatic carbocycles. The molecule has 1 aromatic rings. The molecule has 4 rings (SSSR count). The first-order valence-electron chi connectivity index (χ1n) is 7.49. The van der Waals surface area contributed by atoms with Gasteiger partial charge in [-0.25, -0.2) is 0 Å². The third kappa shape index (κ3) is 3.48. The third-order valence-corrected chi connectivity index (χ3v) is 3.94. The molecule has 5 heteroatoms. The van der Waals surface area contributed by atoms with Crippen LogP contribution in [-0.2, 0) is 27.1 Å². The highest BCUT2D eigenvalue weighted by atomic mass is 16.6. The van der Waals surface area contributed by atoms with E-state index in [-0.39, 0.29) is 6.10 Å². The van der Waals surface area contributed by atoms with Gasteiger partial charge in [-0.1, -0.05) is 6.07 Å². The van der Waals surface area contributed by atoms with Crippen molar-refractivity contribution in [2.45, 2.75) is 31.2 Å². The first-order chi connectivity index (χ1) is 10.3. The SMILES string of the molecule is COc1cc(CC2CO2)cc(CC2CO2)c1OCC1CO1. The molecule has 0 aliphatic carbocycles. The lowest BCUT2D eigenvalue weighted by atomic mass is 10.0. The molecule has 3 atom stereocenters. The van der Waals surface area contributed by atoms with Crippen LogP contribution in [0.5, 0.6) is 11.5 Å². The molecule has 0 N–H and O–H groups in total. The molecule has 5 nitrogen and oxygen atoms in total. The van der Waals surface area contributed by atoms with E-state index in [1.165, 1.54) is 5.56 Å². The van der Waals surface area contributed by atoms with Crippen LogP contribution in [0.15, 0.2) is 12.1 Å². The molecule has 0 saturated carbocycles. The van der Waals surface area contributed by atoms with E-state index >= 15 is 0 Å². The Morgan fingerprint density at radius 3 is 2.29 bits per heavy atom. The van der Waals surface area contributed by atoms with E-state index in [0.717, 1.165) is 49.7 Å². The predicted molar refractivity (Wildman–Crippen MR) is 75.1 cm³/mol. The molecule has 3 unspecified atom stereocenters. The van der Waals surface area contributed by atoms with Crippen LogP contribution < -0.4 is 9.47 Å². The number of epoxide rings is 3. The van der Waals surface area contributed by atoms with Crippen molar-refractivity contribution >= 4 is 0 Å². The average molecular weight is 292 g/mol. The number of benzene rings is 1. The summed E-state index contributed by atoms with van der Waals surface area (Å²) in [5.41, 5.74) is 2.40. The monoisotopic (exact) mass is 292 g/mol. The van der Waals surface area contributed by atoms with Crippen LogP contribution in [-0.4, -0.2) is 51.8 Å². The maximum Gasteiger partial charge on any atom is 0.164 e. The number of methoxy groups -OCH3 is 1. The first-order valence-corrected chi connectivity index (χ1v) is 7.49. The van der Waals surface area contributed by atoms with Gasteiger partial charge in [0.1, 0.15) is 12.7 Å². The summed E-state index contributed by atoms with van der Waals surface area (Å²) >= 11 is 0. The van der Waals surface area contributed by atoms with Gasteiger partial charge >= 0.3 is 0 Å². The van der Waals surface area contributed by atoms with Gasteiger partial charge in [-0.2, -0.15) is 0 Å². The second-order valence-corrected chi connectivity index (χ2v) is 5.87. The molecule has 0 bridgehead atoms. The molecule has 114 valence electrons. The fourth-order valence-corrected chi connectivity index (χ4v) is 2.53. The van der Waals surface area contributed by atoms with Gasteiger partial charge in [0.15, 0.2) is 11.5 Å². The first kappa shape index (κ1) is 13.4. The van der Waals surface area contributed by atoms with Gasteiger partial charge in [-0.3, -0.25) is 0 Å². The molecule has 3 aliphatic heterocycles. The molecule has 3 heterocycles. The summed E-state index contributed by atoms with van der Waals surface area (Å²) in [6.45, 7) is 3.07. The van der Waals surface area contributed by atoms with Crippen molar-refractivity contribution < 1.29 is 23.7 Å². The minimum Gasteiger partial charge on any atom is -0.493 e. The predicted octanol–water partition coefficient (Wildman–Crippen LogP) is 1.36. The Labute approximate surface area is 124 Å². The van der Waals surface area contributed by atoms with Crippen molar-refractivity contribution in [1.29, 1.82) is 0 Å². The van der Waals surface area contributed by atoms with Gasteiger partial charge in [-0.05, 0) is 11.6 Å². The van der Waals surface area contributed by atoms with Gasteiger partial charge < -0.3 is 23.7 Å². The second-order valence-electron chi connectivity index (χ2n) is 5.87.